The third kappa shape index (κ3) is 3.47. The molecule has 0 fully saturated rings. The van der Waals surface area contributed by atoms with Gasteiger partial charge in [0.05, 0.1) is 16.1 Å². The van der Waals surface area contributed by atoms with Crippen LogP contribution in [0, 0.1) is 0 Å². The Labute approximate surface area is 158 Å². The second kappa shape index (κ2) is 6.62. The quantitative estimate of drug-likeness (QED) is 0.456. The summed E-state index contributed by atoms with van der Waals surface area (Å²) in [6.45, 7) is 0. The lowest BCUT2D eigenvalue weighted by molar-refractivity contribution is 0.457. The molecular formula is C18H14N4O3S2. The number of nitrogens with zero attached hydrogens (tertiary/aromatic N) is 2. The van der Waals surface area contributed by atoms with Crippen molar-refractivity contribution in [1.29, 1.82) is 0 Å². The smallest absolute Gasteiger partial charge is 0.238 e. The molecule has 9 heteroatoms. The molecule has 1 aromatic carbocycles. The molecule has 4 rings (SSSR count). The van der Waals surface area contributed by atoms with Gasteiger partial charge in [0.2, 0.25) is 10.0 Å². The van der Waals surface area contributed by atoms with E-state index in [0.717, 1.165) is 16.5 Å². The van der Waals surface area contributed by atoms with E-state index in [2.05, 4.69) is 15.0 Å². The Bertz CT molecular complexity index is 1240. The van der Waals surface area contributed by atoms with Gasteiger partial charge in [0.1, 0.15) is 5.65 Å². The highest BCUT2D eigenvalue weighted by Crippen LogP contribution is 2.30. The van der Waals surface area contributed by atoms with Crippen LogP contribution >= 0.6 is 11.3 Å². The van der Waals surface area contributed by atoms with Crippen molar-refractivity contribution in [3.63, 3.8) is 0 Å². The maximum atomic E-state index is 11.3. The van der Waals surface area contributed by atoms with Crippen LogP contribution in [-0.4, -0.2) is 29.7 Å². The average Bonchev–Trinajstić information content (AvgIpc) is 3.26. The number of aromatic hydroxyl groups is 1. The normalized spacial score (nSPS) is 12.2. The number of nitrogens with one attached hydrogen (secondary N) is 1. The second-order valence-electron chi connectivity index (χ2n) is 5.82. The minimum Gasteiger partial charge on any atom is -0.494 e. The Balaban J connectivity index is 1.71. The largest absolute Gasteiger partial charge is 0.494 e. The van der Waals surface area contributed by atoms with E-state index in [0.29, 0.717) is 16.9 Å². The van der Waals surface area contributed by atoms with Crippen molar-refractivity contribution in [2.75, 3.05) is 0 Å². The van der Waals surface area contributed by atoms with Gasteiger partial charge in [-0.1, -0.05) is 0 Å². The van der Waals surface area contributed by atoms with Crippen LogP contribution in [0.3, 0.4) is 0 Å². The number of primary sulfonamides is 1. The molecule has 136 valence electrons. The lowest BCUT2D eigenvalue weighted by Crippen LogP contribution is -2.11. The number of benzene rings is 1. The molecule has 0 bridgehead atoms. The predicted octanol–water partition coefficient (Wildman–Crippen LogP) is 3.40. The summed E-state index contributed by atoms with van der Waals surface area (Å²) < 4.78 is 22.6. The van der Waals surface area contributed by atoms with E-state index in [1.54, 1.807) is 17.5 Å². The molecule has 0 unspecified atom stereocenters. The fraction of sp³-hybridized carbons (Fsp3) is 0. The van der Waals surface area contributed by atoms with E-state index >= 15 is 0 Å². The molecule has 0 aliphatic heterocycles. The Morgan fingerprint density at radius 3 is 2.63 bits per heavy atom. The molecule has 7 nitrogen and oxygen atoms in total. The number of aromatic nitrogens is 2. The van der Waals surface area contributed by atoms with Crippen LogP contribution in [0.1, 0.15) is 5.56 Å². The van der Waals surface area contributed by atoms with Crippen molar-refractivity contribution in [3.05, 3.63) is 58.9 Å². The van der Waals surface area contributed by atoms with Gasteiger partial charge in [-0.3, -0.25) is 4.99 Å². The first-order valence-corrected chi connectivity index (χ1v) is 10.3. The first-order chi connectivity index (χ1) is 12.9. The van der Waals surface area contributed by atoms with Gasteiger partial charge in [0.15, 0.2) is 5.88 Å². The van der Waals surface area contributed by atoms with Crippen molar-refractivity contribution in [1.82, 2.24) is 9.97 Å². The standard InChI is InChI=1S/C18H14N4O3S2/c19-27(24,25)14-3-1-13(2-4-14)20-9-16-15-7-12(11-5-6-26-10-11)8-21-17(15)22-18(16)23/h1-10,23H,(H,21,22)(H2,19,24,25). The zero-order chi connectivity index (χ0) is 19.0. The SMILES string of the molecule is NS(=O)(=O)c1ccc(N=Cc2c(O)[nH]c3ncc(-c4ccsc4)cc23)cc1. The van der Waals surface area contributed by atoms with E-state index in [9.17, 15) is 13.5 Å². The van der Waals surface area contributed by atoms with Crippen LogP contribution in [0.5, 0.6) is 5.88 Å². The Kier molecular flexibility index (Phi) is 4.27. The topological polar surface area (TPSA) is 121 Å². The van der Waals surface area contributed by atoms with E-state index in [4.69, 9.17) is 5.14 Å². The number of hydrogen-bond acceptors (Lipinski definition) is 6. The summed E-state index contributed by atoms with van der Waals surface area (Å²) >= 11 is 1.60. The Morgan fingerprint density at radius 2 is 1.96 bits per heavy atom. The number of sulfonamides is 1. The summed E-state index contributed by atoms with van der Waals surface area (Å²) in [4.78, 5) is 11.5. The van der Waals surface area contributed by atoms with Crippen molar-refractivity contribution < 1.29 is 13.5 Å². The van der Waals surface area contributed by atoms with Crippen LogP contribution in [0.15, 0.2) is 63.2 Å². The first-order valence-electron chi connectivity index (χ1n) is 7.82. The van der Waals surface area contributed by atoms with Crippen molar-refractivity contribution in [3.8, 4) is 17.0 Å². The molecule has 0 spiro atoms. The van der Waals surface area contributed by atoms with Crippen molar-refractivity contribution >= 4 is 44.3 Å². The van der Waals surface area contributed by atoms with Crippen LogP contribution in [-0.2, 0) is 10.0 Å². The van der Waals surface area contributed by atoms with Gasteiger partial charge in [-0.05, 0) is 52.7 Å². The number of pyridine rings is 1. The molecule has 4 aromatic rings. The van der Waals surface area contributed by atoms with Gasteiger partial charge in [-0.2, -0.15) is 11.3 Å². The van der Waals surface area contributed by atoms with E-state index in [1.165, 1.54) is 30.5 Å². The number of thiophene rings is 1. The maximum Gasteiger partial charge on any atom is 0.238 e. The molecular weight excluding hydrogens is 384 g/mol. The minimum atomic E-state index is -3.74. The fourth-order valence-corrected chi connectivity index (χ4v) is 3.84. The number of H-pyrrole nitrogens is 1. The minimum absolute atomic E-state index is 0.0148. The monoisotopic (exact) mass is 398 g/mol. The average molecular weight is 398 g/mol. The van der Waals surface area contributed by atoms with Crippen LogP contribution in [0.2, 0.25) is 0 Å². The van der Waals surface area contributed by atoms with Gasteiger partial charge in [0, 0.05) is 23.4 Å². The predicted molar refractivity (Wildman–Crippen MR) is 106 cm³/mol. The molecule has 4 N–H and O–H groups in total. The van der Waals surface area contributed by atoms with E-state index in [1.807, 2.05) is 22.9 Å². The summed E-state index contributed by atoms with van der Waals surface area (Å²) in [6.07, 6.45) is 3.26. The van der Waals surface area contributed by atoms with Gasteiger partial charge >= 0.3 is 0 Å². The summed E-state index contributed by atoms with van der Waals surface area (Å²) in [7, 11) is -3.74. The Hall–Kier alpha value is -3.01. The van der Waals surface area contributed by atoms with Gasteiger partial charge in [-0.25, -0.2) is 18.5 Å². The summed E-state index contributed by atoms with van der Waals surface area (Å²) in [5, 5.41) is 20.0. The van der Waals surface area contributed by atoms with E-state index in [-0.39, 0.29) is 10.8 Å². The van der Waals surface area contributed by atoms with Crippen LogP contribution in [0.4, 0.5) is 5.69 Å². The maximum absolute atomic E-state index is 11.3. The van der Waals surface area contributed by atoms with Gasteiger partial charge in [-0.15, -0.1) is 0 Å². The molecule has 0 atom stereocenters. The number of nitrogens with two attached hydrogens (primary N) is 1. The number of aromatic amines is 1. The number of hydrogen-bond donors (Lipinski definition) is 3. The van der Waals surface area contributed by atoms with Crippen LogP contribution < -0.4 is 5.14 Å². The highest BCUT2D eigenvalue weighted by molar-refractivity contribution is 7.89. The molecule has 0 saturated heterocycles. The number of fused-ring (bicyclic) bond motifs is 1. The van der Waals surface area contributed by atoms with E-state index < -0.39 is 10.0 Å². The Morgan fingerprint density at radius 1 is 1.19 bits per heavy atom. The molecule has 0 radical (unpaired) electrons. The third-order valence-corrected chi connectivity index (χ3v) is 5.64. The molecule has 3 aromatic heterocycles. The van der Waals surface area contributed by atoms with Crippen LogP contribution in [0.25, 0.3) is 22.2 Å². The fourth-order valence-electron chi connectivity index (χ4n) is 2.65. The summed E-state index contributed by atoms with van der Waals surface area (Å²) in [5.41, 5.74) is 3.58. The zero-order valence-corrected chi connectivity index (χ0v) is 15.5. The molecule has 0 saturated carbocycles. The zero-order valence-electron chi connectivity index (χ0n) is 13.8. The number of rotatable bonds is 4. The van der Waals surface area contributed by atoms with Gasteiger partial charge < -0.3 is 10.1 Å². The summed E-state index contributed by atoms with van der Waals surface area (Å²) in [5.74, 6) is -0.0372. The number of aliphatic imine (C=N–C) groups is 1. The molecule has 3 heterocycles. The molecule has 0 aliphatic carbocycles. The lowest BCUT2D eigenvalue weighted by atomic mass is 10.1. The van der Waals surface area contributed by atoms with Crippen molar-refractivity contribution in [2.45, 2.75) is 4.90 Å². The second-order valence-corrected chi connectivity index (χ2v) is 8.16. The van der Waals surface area contributed by atoms with Gasteiger partial charge in [0.25, 0.3) is 0 Å². The first kappa shape index (κ1) is 17.4. The third-order valence-electron chi connectivity index (χ3n) is 4.03. The van der Waals surface area contributed by atoms with Crippen molar-refractivity contribution in [2.24, 2.45) is 10.1 Å². The molecule has 0 amide bonds. The highest BCUT2D eigenvalue weighted by atomic mass is 32.2. The summed E-state index contributed by atoms with van der Waals surface area (Å²) in [6, 6.07) is 9.78. The molecule has 27 heavy (non-hydrogen) atoms. The molecule has 0 aliphatic rings. The lowest BCUT2D eigenvalue weighted by Gasteiger charge is -1.99. The highest BCUT2D eigenvalue weighted by Gasteiger charge is 2.12.